The van der Waals surface area contributed by atoms with Crippen LogP contribution in [0.15, 0.2) is 76.1 Å². The van der Waals surface area contributed by atoms with Crippen molar-refractivity contribution in [2.75, 3.05) is 11.4 Å². The number of hydrogen-bond donors (Lipinski definition) is 0. The van der Waals surface area contributed by atoms with Gasteiger partial charge in [-0.1, -0.05) is 42.5 Å². The van der Waals surface area contributed by atoms with E-state index in [9.17, 15) is 8.42 Å². The number of sulfonamides is 1. The highest BCUT2D eigenvalue weighted by Crippen LogP contribution is 2.29. The summed E-state index contributed by atoms with van der Waals surface area (Å²) in [7, 11) is -2.04. The van der Waals surface area contributed by atoms with E-state index in [1.165, 1.54) is 4.31 Å². The van der Waals surface area contributed by atoms with Crippen LogP contribution in [0.5, 0.6) is 0 Å². The predicted octanol–water partition coefficient (Wildman–Crippen LogP) is 4.43. The van der Waals surface area contributed by atoms with Crippen molar-refractivity contribution in [3.63, 3.8) is 0 Å². The first-order valence-corrected chi connectivity index (χ1v) is 8.96. The smallest absolute Gasteiger partial charge is 0.265 e. The lowest BCUT2D eigenvalue weighted by atomic mass is 10.1. The number of hydrogen-bond acceptors (Lipinski definition) is 2. The fourth-order valence-corrected chi connectivity index (χ4v) is 4.46. The van der Waals surface area contributed by atoms with Crippen LogP contribution >= 0.6 is 15.9 Å². The molecule has 0 aliphatic heterocycles. The van der Waals surface area contributed by atoms with Crippen LogP contribution in [-0.2, 0) is 10.0 Å². The zero-order chi connectivity index (χ0) is 15.7. The van der Waals surface area contributed by atoms with Gasteiger partial charge in [-0.15, -0.1) is 0 Å². The highest BCUT2D eigenvalue weighted by atomic mass is 79.9. The number of halogens is 1. The van der Waals surface area contributed by atoms with Crippen LogP contribution in [0.3, 0.4) is 0 Å². The van der Waals surface area contributed by atoms with E-state index in [0.29, 0.717) is 10.2 Å². The normalized spacial score (nSPS) is 11.5. The summed E-state index contributed by atoms with van der Waals surface area (Å²) >= 11 is 3.31. The van der Waals surface area contributed by atoms with E-state index in [1.54, 1.807) is 31.3 Å². The van der Waals surface area contributed by atoms with Gasteiger partial charge in [-0.3, -0.25) is 4.31 Å². The highest BCUT2D eigenvalue weighted by Gasteiger charge is 2.23. The molecule has 22 heavy (non-hydrogen) atoms. The van der Waals surface area contributed by atoms with Crippen molar-refractivity contribution >= 4 is 42.4 Å². The van der Waals surface area contributed by atoms with Crippen molar-refractivity contribution in [3.8, 4) is 0 Å². The Morgan fingerprint density at radius 1 is 0.864 bits per heavy atom. The van der Waals surface area contributed by atoms with Crippen molar-refractivity contribution in [1.29, 1.82) is 0 Å². The molecule has 3 aromatic rings. The van der Waals surface area contributed by atoms with Gasteiger partial charge in [-0.05, 0) is 51.0 Å². The molecule has 0 N–H and O–H groups in total. The molecule has 0 radical (unpaired) electrons. The van der Waals surface area contributed by atoms with Crippen LogP contribution in [0.2, 0.25) is 0 Å². The Labute approximate surface area is 138 Å². The van der Waals surface area contributed by atoms with E-state index < -0.39 is 10.0 Å². The minimum absolute atomic E-state index is 0.255. The molecule has 0 saturated heterocycles. The summed E-state index contributed by atoms with van der Waals surface area (Å²) in [4.78, 5) is 0.255. The maximum atomic E-state index is 12.8. The SMILES string of the molecule is CN(c1ccc2ccccc2c1)S(=O)(=O)c1ccccc1Br. The second-order valence-electron chi connectivity index (χ2n) is 4.93. The van der Waals surface area contributed by atoms with Crippen molar-refractivity contribution in [1.82, 2.24) is 0 Å². The van der Waals surface area contributed by atoms with Gasteiger partial charge >= 0.3 is 0 Å². The number of fused-ring (bicyclic) bond motifs is 1. The van der Waals surface area contributed by atoms with Crippen molar-refractivity contribution < 1.29 is 8.42 Å². The van der Waals surface area contributed by atoms with Gasteiger partial charge in [-0.2, -0.15) is 0 Å². The van der Waals surface area contributed by atoms with E-state index in [4.69, 9.17) is 0 Å². The summed E-state index contributed by atoms with van der Waals surface area (Å²) in [6, 6.07) is 20.3. The van der Waals surface area contributed by atoms with Gasteiger partial charge in [0, 0.05) is 11.5 Å². The molecular weight excluding hydrogens is 362 g/mol. The second-order valence-corrected chi connectivity index (χ2v) is 7.73. The van der Waals surface area contributed by atoms with Crippen LogP contribution < -0.4 is 4.31 Å². The van der Waals surface area contributed by atoms with Gasteiger partial charge in [0.15, 0.2) is 0 Å². The quantitative estimate of drug-likeness (QED) is 0.678. The van der Waals surface area contributed by atoms with E-state index in [-0.39, 0.29) is 4.90 Å². The molecule has 0 bridgehead atoms. The highest BCUT2D eigenvalue weighted by molar-refractivity contribution is 9.10. The van der Waals surface area contributed by atoms with E-state index >= 15 is 0 Å². The van der Waals surface area contributed by atoms with E-state index in [0.717, 1.165) is 10.8 Å². The fourth-order valence-electron chi connectivity index (χ4n) is 2.31. The molecular formula is C17H14BrNO2S. The summed E-state index contributed by atoms with van der Waals surface area (Å²) in [5, 5.41) is 2.09. The van der Waals surface area contributed by atoms with E-state index in [1.807, 2.05) is 42.5 Å². The summed E-state index contributed by atoms with van der Waals surface area (Å²) in [5.74, 6) is 0. The van der Waals surface area contributed by atoms with Crippen LogP contribution in [0.1, 0.15) is 0 Å². The number of nitrogens with zero attached hydrogens (tertiary/aromatic N) is 1. The first kappa shape index (κ1) is 15.1. The molecule has 3 aromatic carbocycles. The Morgan fingerprint density at radius 3 is 2.23 bits per heavy atom. The molecule has 0 heterocycles. The fraction of sp³-hybridized carbons (Fsp3) is 0.0588. The largest absolute Gasteiger partial charge is 0.269 e. The van der Waals surface area contributed by atoms with Crippen molar-refractivity contribution in [2.45, 2.75) is 4.90 Å². The maximum Gasteiger partial charge on any atom is 0.265 e. The zero-order valence-electron chi connectivity index (χ0n) is 11.9. The average Bonchev–Trinajstić information content (AvgIpc) is 2.54. The van der Waals surface area contributed by atoms with Gasteiger partial charge in [-0.25, -0.2) is 8.42 Å². The number of anilines is 1. The third-order valence-electron chi connectivity index (χ3n) is 3.57. The summed E-state index contributed by atoms with van der Waals surface area (Å²) in [6.45, 7) is 0. The standard InChI is InChI=1S/C17H14BrNO2S/c1-19(22(20,21)17-9-5-4-8-16(17)18)15-11-10-13-6-2-3-7-14(13)12-15/h2-12H,1H3. The second kappa shape index (κ2) is 5.74. The van der Waals surface area contributed by atoms with Crippen LogP contribution in [-0.4, -0.2) is 15.5 Å². The molecule has 0 unspecified atom stereocenters. The summed E-state index contributed by atoms with van der Waals surface area (Å²) in [6.07, 6.45) is 0. The third-order valence-corrected chi connectivity index (χ3v) is 6.37. The van der Waals surface area contributed by atoms with Crippen LogP contribution in [0.4, 0.5) is 5.69 Å². The lowest BCUT2D eigenvalue weighted by molar-refractivity contribution is 0.594. The van der Waals surface area contributed by atoms with Gasteiger partial charge in [0.05, 0.1) is 5.69 Å². The molecule has 0 amide bonds. The maximum absolute atomic E-state index is 12.8. The first-order chi connectivity index (χ1) is 10.5. The van der Waals surface area contributed by atoms with E-state index in [2.05, 4.69) is 15.9 Å². The van der Waals surface area contributed by atoms with Crippen LogP contribution in [0, 0.1) is 0 Å². The molecule has 0 aliphatic carbocycles. The summed E-state index contributed by atoms with van der Waals surface area (Å²) < 4.78 is 27.4. The topological polar surface area (TPSA) is 37.4 Å². The third kappa shape index (κ3) is 2.62. The molecule has 112 valence electrons. The van der Waals surface area contributed by atoms with Crippen LogP contribution in [0.25, 0.3) is 10.8 Å². The molecule has 0 aromatic heterocycles. The van der Waals surface area contributed by atoms with Gasteiger partial charge < -0.3 is 0 Å². The molecule has 0 saturated carbocycles. The Hall–Kier alpha value is -1.85. The monoisotopic (exact) mass is 375 g/mol. The molecule has 0 fully saturated rings. The molecule has 0 atom stereocenters. The minimum atomic E-state index is -3.60. The summed E-state index contributed by atoms with van der Waals surface area (Å²) in [5.41, 5.74) is 0.634. The average molecular weight is 376 g/mol. The number of rotatable bonds is 3. The lowest BCUT2D eigenvalue weighted by Gasteiger charge is -2.20. The Balaban J connectivity index is 2.08. The van der Waals surface area contributed by atoms with Crippen molar-refractivity contribution in [3.05, 3.63) is 71.2 Å². The first-order valence-electron chi connectivity index (χ1n) is 6.72. The molecule has 0 aliphatic rings. The molecule has 5 heteroatoms. The van der Waals surface area contributed by atoms with Gasteiger partial charge in [0.1, 0.15) is 4.90 Å². The Bertz CT molecular complexity index is 938. The minimum Gasteiger partial charge on any atom is -0.269 e. The number of benzene rings is 3. The lowest BCUT2D eigenvalue weighted by Crippen LogP contribution is -2.26. The Kier molecular flexibility index (Phi) is 3.93. The molecule has 3 rings (SSSR count). The Morgan fingerprint density at radius 2 is 1.50 bits per heavy atom. The molecule has 3 nitrogen and oxygen atoms in total. The van der Waals surface area contributed by atoms with Crippen molar-refractivity contribution in [2.24, 2.45) is 0 Å². The van der Waals surface area contributed by atoms with Gasteiger partial charge in [0.25, 0.3) is 10.0 Å². The molecule has 0 spiro atoms. The van der Waals surface area contributed by atoms with Gasteiger partial charge in [0.2, 0.25) is 0 Å². The zero-order valence-corrected chi connectivity index (χ0v) is 14.3. The predicted molar refractivity (Wildman–Crippen MR) is 93.7 cm³/mol.